The molecule has 2 aromatic rings. The molecule has 2 amide bonds. The molecule has 0 unspecified atom stereocenters. The molecule has 0 bridgehead atoms. The van der Waals surface area contributed by atoms with Crippen molar-refractivity contribution in [1.82, 2.24) is 20.0 Å². The number of carbonyl (C=O) groups excluding carboxylic acids is 2. The molecule has 0 atom stereocenters. The lowest BCUT2D eigenvalue weighted by Gasteiger charge is -2.34. The molecule has 3 N–H and O–H groups in total. The van der Waals surface area contributed by atoms with Crippen LogP contribution >= 0.6 is 0 Å². The molecule has 7 nitrogen and oxygen atoms in total. The van der Waals surface area contributed by atoms with Crippen molar-refractivity contribution in [2.75, 3.05) is 32.7 Å². The fraction of sp³-hybridized carbons (Fsp3) is 0.526. The van der Waals surface area contributed by atoms with Crippen LogP contribution in [0.1, 0.15) is 42.6 Å². The minimum Gasteiger partial charge on any atom is -0.339 e. The lowest BCUT2D eigenvalue weighted by Crippen LogP contribution is -2.50. The number of nitrogens with one attached hydrogen (secondary N) is 1. The van der Waals surface area contributed by atoms with Crippen LogP contribution in [0.3, 0.4) is 0 Å². The number of nitrogens with two attached hydrogens (primary N) is 1. The Morgan fingerprint density at radius 1 is 1.00 bits per heavy atom. The second-order valence-corrected chi connectivity index (χ2v) is 6.74. The van der Waals surface area contributed by atoms with Crippen molar-refractivity contribution < 1.29 is 9.59 Å². The van der Waals surface area contributed by atoms with Gasteiger partial charge in [-0.1, -0.05) is 31.0 Å². The maximum Gasteiger partial charge on any atom is 0.275 e. The Bertz CT molecular complexity index is 749. The van der Waals surface area contributed by atoms with E-state index >= 15 is 0 Å². The van der Waals surface area contributed by atoms with Gasteiger partial charge in [-0.3, -0.25) is 14.7 Å². The predicted molar refractivity (Wildman–Crippen MR) is 101 cm³/mol. The highest BCUT2D eigenvalue weighted by atomic mass is 16.2. The van der Waals surface area contributed by atoms with Crippen LogP contribution in [0.2, 0.25) is 0 Å². The van der Waals surface area contributed by atoms with Crippen LogP contribution in [0, 0.1) is 0 Å². The number of hydrogen-bond donors (Lipinski definition) is 2. The Hall–Kier alpha value is -2.41. The summed E-state index contributed by atoms with van der Waals surface area (Å²) in [5.74, 6) is 0.117. The van der Waals surface area contributed by atoms with Gasteiger partial charge in [0.15, 0.2) is 5.69 Å². The first kappa shape index (κ1) is 18.4. The van der Waals surface area contributed by atoms with Crippen LogP contribution in [-0.4, -0.2) is 64.5 Å². The molecular weight excluding hydrogens is 330 g/mol. The lowest BCUT2D eigenvalue weighted by atomic mass is 10.1. The van der Waals surface area contributed by atoms with Crippen LogP contribution in [0.25, 0.3) is 10.9 Å². The standard InChI is InChI=1S/C19H27N5O2/c20-10-6-2-1-3-9-17(25)23-11-13-24(14-12-23)19(26)18-15-7-4-5-8-16(15)21-22-18/h4-5,7-8H,1-3,6,9-14,20H2,(H,21,22). The molecule has 1 fully saturated rings. The summed E-state index contributed by atoms with van der Waals surface area (Å²) >= 11 is 0. The summed E-state index contributed by atoms with van der Waals surface area (Å²) in [7, 11) is 0. The van der Waals surface area contributed by atoms with Crippen LogP contribution in [0.5, 0.6) is 0 Å². The fourth-order valence-electron chi connectivity index (χ4n) is 3.37. The summed E-state index contributed by atoms with van der Waals surface area (Å²) in [6.45, 7) is 3.01. The van der Waals surface area contributed by atoms with E-state index in [-0.39, 0.29) is 11.8 Å². The number of aromatic nitrogens is 2. The van der Waals surface area contributed by atoms with Crippen molar-refractivity contribution >= 4 is 22.7 Å². The molecule has 2 heterocycles. The highest BCUT2D eigenvalue weighted by Crippen LogP contribution is 2.18. The minimum absolute atomic E-state index is 0.0728. The van der Waals surface area contributed by atoms with Crippen molar-refractivity contribution in [3.8, 4) is 0 Å². The first-order valence-electron chi connectivity index (χ1n) is 9.41. The van der Waals surface area contributed by atoms with Crippen molar-refractivity contribution in [3.05, 3.63) is 30.0 Å². The smallest absolute Gasteiger partial charge is 0.275 e. The van der Waals surface area contributed by atoms with E-state index in [0.717, 1.165) is 43.1 Å². The zero-order valence-electron chi connectivity index (χ0n) is 15.1. The van der Waals surface area contributed by atoms with E-state index in [1.165, 1.54) is 0 Å². The molecule has 0 saturated carbocycles. The number of fused-ring (bicyclic) bond motifs is 1. The second-order valence-electron chi connectivity index (χ2n) is 6.74. The van der Waals surface area contributed by atoms with Gasteiger partial charge in [-0.2, -0.15) is 5.10 Å². The number of rotatable bonds is 7. The molecule has 1 aliphatic heterocycles. The Kier molecular flexibility index (Phi) is 6.22. The maximum absolute atomic E-state index is 12.8. The topological polar surface area (TPSA) is 95.3 Å². The molecule has 3 rings (SSSR count). The summed E-state index contributed by atoms with van der Waals surface area (Å²) in [6.07, 6.45) is 4.66. The van der Waals surface area contributed by atoms with Gasteiger partial charge in [-0.25, -0.2) is 0 Å². The van der Waals surface area contributed by atoms with Gasteiger partial charge in [0.25, 0.3) is 5.91 Å². The monoisotopic (exact) mass is 357 g/mol. The molecule has 0 radical (unpaired) electrons. The van der Waals surface area contributed by atoms with Crippen LogP contribution in [0.15, 0.2) is 24.3 Å². The van der Waals surface area contributed by atoms with Gasteiger partial charge >= 0.3 is 0 Å². The number of unbranched alkanes of at least 4 members (excludes halogenated alkanes) is 3. The second kappa shape index (κ2) is 8.80. The van der Waals surface area contributed by atoms with Crippen molar-refractivity contribution in [3.63, 3.8) is 0 Å². The summed E-state index contributed by atoms with van der Waals surface area (Å²) in [4.78, 5) is 28.7. The highest BCUT2D eigenvalue weighted by molar-refractivity contribution is 6.04. The molecular formula is C19H27N5O2. The fourth-order valence-corrected chi connectivity index (χ4v) is 3.37. The SMILES string of the molecule is NCCCCCCC(=O)N1CCN(C(=O)c2n[nH]c3ccccc23)CC1. The van der Waals surface area contributed by atoms with Crippen molar-refractivity contribution in [2.24, 2.45) is 5.73 Å². The van der Waals surface area contributed by atoms with Gasteiger partial charge in [0.05, 0.1) is 5.52 Å². The molecule has 0 aliphatic carbocycles. The molecule has 26 heavy (non-hydrogen) atoms. The van der Waals surface area contributed by atoms with Crippen LogP contribution in [-0.2, 0) is 4.79 Å². The number of aromatic amines is 1. The number of amides is 2. The Balaban J connectivity index is 1.49. The normalized spacial score (nSPS) is 14.8. The van der Waals surface area contributed by atoms with E-state index in [1.807, 2.05) is 29.2 Å². The van der Waals surface area contributed by atoms with Gasteiger partial charge in [0.2, 0.25) is 5.91 Å². The first-order valence-corrected chi connectivity index (χ1v) is 9.41. The molecule has 0 spiro atoms. The Morgan fingerprint density at radius 2 is 1.69 bits per heavy atom. The third-order valence-corrected chi connectivity index (χ3v) is 4.94. The average Bonchev–Trinajstić information content (AvgIpc) is 3.11. The summed E-state index contributed by atoms with van der Waals surface area (Å²) in [5.41, 5.74) is 6.80. The number of H-pyrrole nitrogens is 1. The van der Waals surface area contributed by atoms with E-state index in [1.54, 1.807) is 4.90 Å². The van der Waals surface area contributed by atoms with E-state index in [4.69, 9.17) is 5.73 Å². The van der Waals surface area contributed by atoms with Gasteiger partial charge in [-0.05, 0) is 25.5 Å². The summed E-state index contributed by atoms with van der Waals surface area (Å²) < 4.78 is 0. The molecule has 1 aromatic carbocycles. The molecule has 140 valence electrons. The number of hydrogen-bond acceptors (Lipinski definition) is 4. The van der Waals surface area contributed by atoms with Crippen molar-refractivity contribution in [1.29, 1.82) is 0 Å². The maximum atomic E-state index is 12.8. The largest absolute Gasteiger partial charge is 0.339 e. The summed E-state index contributed by atoms with van der Waals surface area (Å²) in [6, 6.07) is 7.62. The Labute approximate surface area is 153 Å². The zero-order valence-corrected chi connectivity index (χ0v) is 15.1. The quantitative estimate of drug-likeness (QED) is 0.738. The van der Waals surface area contributed by atoms with Crippen LogP contribution < -0.4 is 5.73 Å². The number of piperazine rings is 1. The third-order valence-electron chi connectivity index (χ3n) is 4.94. The third kappa shape index (κ3) is 4.22. The number of nitrogens with zero attached hydrogens (tertiary/aromatic N) is 3. The highest BCUT2D eigenvalue weighted by Gasteiger charge is 2.26. The van der Waals surface area contributed by atoms with E-state index in [9.17, 15) is 9.59 Å². The van der Waals surface area contributed by atoms with E-state index in [0.29, 0.717) is 38.3 Å². The number of benzene rings is 1. The first-order chi connectivity index (χ1) is 12.7. The molecule has 1 aromatic heterocycles. The van der Waals surface area contributed by atoms with Crippen LogP contribution in [0.4, 0.5) is 0 Å². The number of para-hydroxylation sites is 1. The molecule has 1 aliphatic rings. The lowest BCUT2D eigenvalue weighted by molar-refractivity contribution is -0.132. The predicted octanol–water partition coefficient (Wildman–Crippen LogP) is 1.76. The van der Waals surface area contributed by atoms with Crippen molar-refractivity contribution in [2.45, 2.75) is 32.1 Å². The van der Waals surface area contributed by atoms with E-state index in [2.05, 4.69) is 10.2 Å². The minimum atomic E-state index is -0.0728. The van der Waals surface area contributed by atoms with Gasteiger partial charge in [0, 0.05) is 38.0 Å². The summed E-state index contributed by atoms with van der Waals surface area (Å²) in [5, 5.41) is 7.93. The van der Waals surface area contributed by atoms with E-state index < -0.39 is 0 Å². The average molecular weight is 357 g/mol. The molecule has 7 heteroatoms. The Morgan fingerprint density at radius 3 is 2.46 bits per heavy atom. The van der Waals surface area contributed by atoms with Gasteiger partial charge < -0.3 is 15.5 Å². The van der Waals surface area contributed by atoms with Gasteiger partial charge in [-0.15, -0.1) is 0 Å². The van der Waals surface area contributed by atoms with Gasteiger partial charge in [0.1, 0.15) is 0 Å². The number of carbonyl (C=O) groups is 2. The molecule has 1 saturated heterocycles. The zero-order chi connectivity index (χ0) is 18.4.